The smallest absolute Gasteiger partial charge is 0.322 e. The van der Waals surface area contributed by atoms with Crippen molar-refractivity contribution in [2.75, 3.05) is 18.9 Å². The van der Waals surface area contributed by atoms with Crippen LogP contribution in [0.4, 0.5) is 10.5 Å². The summed E-state index contributed by atoms with van der Waals surface area (Å²) >= 11 is 0. The van der Waals surface area contributed by atoms with E-state index >= 15 is 0 Å². The van der Waals surface area contributed by atoms with Gasteiger partial charge in [-0.2, -0.15) is 0 Å². The van der Waals surface area contributed by atoms with Gasteiger partial charge in [-0.3, -0.25) is 4.79 Å². The van der Waals surface area contributed by atoms with E-state index in [1.165, 1.54) is 6.42 Å². The molecule has 1 spiro atoms. The molecule has 0 radical (unpaired) electrons. The first kappa shape index (κ1) is 14.9. The van der Waals surface area contributed by atoms with E-state index in [4.69, 9.17) is 0 Å². The van der Waals surface area contributed by atoms with E-state index in [2.05, 4.69) is 10.6 Å². The van der Waals surface area contributed by atoms with Crippen LogP contribution in [-0.2, 0) is 11.2 Å². The van der Waals surface area contributed by atoms with Gasteiger partial charge in [0, 0.05) is 24.8 Å². The lowest BCUT2D eigenvalue weighted by atomic mass is 10.0. The van der Waals surface area contributed by atoms with Crippen molar-refractivity contribution in [2.24, 2.45) is 0 Å². The second-order valence-corrected chi connectivity index (χ2v) is 6.31. The van der Waals surface area contributed by atoms with Crippen LogP contribution >= 0.6 is 0 Å². The van der Waals surface area contributed by atoms with Crippen LogP contribution in [0.1, 0.15) is 37.7 Å². The molecule has 3 rings (SSSR count). The molecule has 2 N–H and O–H groups in total. The number of rotatable bonds is 3. The van der Waals surface area contributed by atoms with E-state index in [1.54, 1.807) is 7.05 Å². The van der Waals surface area contributed by atoms with Crippen molar-refractivity contribution < 1.29 is 9.59 Å². The number of hydrogen-bond acceptors (Lipinski definition) is 2. The maximum atomic E-state index is 12.5. The minimum atomic E-state index is -0.0132. The zero-order chi connectivity index (χ0) is 15.6. The minimum Gasteiger partial charge on any atom is -0.359 e. The summed E-state index contributed by atoms with van der Waals surface area (Å²) in [5.41, 5.74) is 1.88. The zero-order valence-electron chi connectivity index (χ0n) is 13.0. The highest BCUT2D eigenvalue weighted by Gasteiger charge is 2.50. The van der Waals surface area contributed by atoms with Crippen LogP contribution in [0.15, 0.2) is 24.3 Å². The summed E-state index contributed by atoms with van der Waals surface area (Å²) in [5, 5.41) is 5.59. The highest BCUT2D eigenvalue weighted by atomic mass is 16.2. The third-order valence-corrected chi connectivity index (χ3v) is 4.77. The van der Waals surface area contributed by atoms with Gasteiger partial charge in [-0.05, 0) is 49.8 Å². The van der Waals surface area contributed by atoms with Crippen LogP contribution in [0.5, 0.6) is 0 Å². The molecule has 1 aliphatic heterocycles. The average Bonchev–Trinajstić information content (AvgIpc) is 3.29. The normalized spacial score (nSPS) is 18.9. The van der Waals surface area contributed by atoms with E-state index in [9.17, 15) is 9.59 Å². The molecule has 5 nitrogen and oxygen atoms in total. The van der Waals surface area contributed by atoms with Gasteiger partial charge < -0.3 is 15.5 Å². The Morgan fingerprint density at radius 3 is 2.50 bits per heavy atom. The van der Waals surface area contributed by atoms with Crippen molar-refractivity contribution in [3.63, 3.8) is 0 Å². The number of nitrogens with zero attached hydrogens (tertiary/aromatic N) is 1. The Kier molecular flexibility index (Phi) is 4.05. The number of likely N-dealkylation sites (tertiary alicyclic amines) is 1. The molecule has 118 valence electrons. The van der Waals surface area contributed by atoms with Crippen molar-refractivity contribution in [1.82, 2.24) is 10.2 Å². The van der Waals surface area contributed by atoms with Gasteiger partial charge in [0.1, 0.15) is 0 Å². The first-order chi connectivity index (χ1) is 10.6. The molecule has 2 fully saturated rings. The second kappa shape index (κ2) is 5.99. The molecule has 3 amide bonds. The van der Waals surface area contributed by atoms with Gasteiger partial charge in [-0.25, -0.2) is 4.79 Å². The van der Waals surface area contributed by atoms with Gasteiger partial charge in [-0.15, -0.1) is 0 Å². The molecule has 0 bridgehead atoms. The summed E-state index contributed by atoms with van der Waals surface area (Å²) < 4.78 is 0. The van der Waals surface area contributed by atoms with Crippen LogP contribution in [0.25, 0.3) is 0 Å². The highest BCUT2D eigenvalue weighted by Crippen LogP contribution is 2.48. The Balaban J connectivity index is 1.60. The van der Waals surface area contributed by atoms with Gasteiger partial charge in [-0.1, -0.05) is 12.1 Å². The third-order valence-electron chi connectivity index (χ3n) is 4.77. The topological polar surface area (TPSA) is 61.4 Å². The lowest BCUT2D eigenvalue weighted by Crippen LogP contribution is -2.47. The summed E-state index contributed by atoms with van der Waals surface area (Å²) in [6.45, 7) is 0.862. The maximum absolute atomic E-state index is 12.5. The molecule has 2 aliphatic rings. The Bertz CT molecular complexity index is 564. The van der Waals surface area contributed by atoms with Gasteiger partial charge in [0.25, 0.3) is 0 Å². The van der Waals surface area contributed by atoms with Gasteiger partial charge in [0.05, 0.1) is 6.42 Å². The van der Waals surface area contributed by atoms with E-state index in [1.807, 2.05) is 29.2 Å². The van der Waals surface area contributed by atoms with Crippen LogP contribution in [0.3, 0.4) is 0 Å². The number of benzene rings is 1. The van der Waals surface area contributed by atoms with E-state index in [0.717, 1.165) is 43.5 Å². The van der Waals surface area contributed by atoms with Gasteiger partial charge >= 0.3 is 6.03 Å². The molecular weight excluding hydrogens is 278 g/mol. The number of anilines is 1. The number of nitrogens with one attached hydrogen (secondary N) is 2. The Hall–Kier alpha value is -2.04. The molecule has 0 atom stereocenters. The Labute approximate surface area is 131 Å². The summed E-state index contributed by atoms with van der Waals surface area (Å²) in [5.74, 6) is -0.0132. The molecule has 1 saturated heterocycles. The molecule has 0 unspecified atom stereocenters. The molecule has 22 heavy (non-hydrogen) atoms. The van der Waals surface area contributed by atoms with E-state index in [0.29, 0.717) is 6.42 Å². The number of hydrogen-bond donors (Lipinski definition) is 2. The Morgan fingerprint density at radius 1 is 1.14 bits per heavy atom. The molecule has 5 heteroatoms. The number of likely N-dealkylation sites (N-methyl/N-ethyl adjacent to an activating group) is 1. The minimum absolute atomic E-state index is 0.0104. The fraction of sp³-hybridized carbons (Fsp3) is 0.529. The molecule has 1 heterocycles. The summed E-state index contributed by atoms with van der Waals surface area (Å²) in [6.07, 6.45) is 6.13. The lowest BCUT2D eigenvalue weighted by molar-refractivity contribution is -0.119. The van der Waals surface area contributed by atoms with E-state index < -0.39 is 0 Å². The maximum Gasteiger partial charge on any atom is 0.322 e. The number of urea groups is 1. The largest absolute Gasteiger partial charge is 0.359 e. The molecule has 0 aromatic heterocycles. The van der Waals surface area contributed by atoms with Gasteiger partial charge in [0.2, 0.25) is 5.91 Å². The Morgan fingerprint density at radius 2 is 1.86 bits per heavy atom. The first-order valence-corrected chi connectivity index (χ1v) is 8.01. The quantitative estimate of drug-likeness (QED) is 0.901. The molecule has 1 aromatic rings. The number of carbonyl (C=O) groups is 2. The fourth-order valence-corrected chi connectivity index (χ4v) is 3.25. The lowest BCUT2D eigenvalue weighted by Gasteiger charge is -2.36. The molecule has 1 aliphatic carbocycles. The highest BCUT2D eigenvalue weighted by molar-refractivity contribution is 5.90. The standard InChI is InChI=1S/C17H23N3O2/c1-18-15(21)12-13-4-6-14(7-5-13)19-16(22)20-11-3-2-8-17(20)9-10-17/h4-7H,2-3,8-12H2,1H3,(H,18,21)(H,19,22). The SMILES string of the molecule is CNC(=O)Cc1ccc(NC(=O)N2CCCCC23CC3)cc1. The zero-order valence-corrected chi connectivity index (χ0v) is 13.0. The predicted molar refractivity (Wildman–Crippen MR) is 85.8 cm³/mol. The molecule has 1 saturated carbocycles. The van der Waals surface area contributed by atoms with Crippen molar-refractivity contribution in [3.05, 3.63) is 29.8 Å². The first-order valence-electron chi connectivity index (χ1n) is 8.01. The van der Waals surface area contributed by atoms with E-state index in [-0.39, 0.29) is 17.5 Å². The summed E-state index contributed by atoms with van der Waals surface area (Å²) in [4.78, 5) is 25.8. The predicted octanol–water partition coefficient (Wildman–Crippen LogP) is 2.53. The number of carbonyl (C=O) groups excluding carboxylic acids is 2. The number of piperidine rings is 1. The van der Waals surface area contributed by atoms with Crippen molar-refractivity contribution >= 4 is 17.6 Å². The fourth-order valence-electron chi connectivity index (χ4n) is 3.25. The average molecular weight is 301 g/mol. The monoisotopic (exact) mass is 301 g/mol. The molecule has 1 aromatic carbocycles. The van der Waals surface area contributed by atoms with Crippen LogP contribution < -0.4 is 10.6 Å². The van der Waals surface area contributed by atoms with Crippen molar-refractivity contribution in [2.45, 2.75) is 44.1 Å². The summed E-state index contributed by atoms with van der Waals surface area (Å²) in [7, 11) is 1.63. The summed E-state index contributed by atoms with van der Waals surface area (Å²) in [6, 6.07) is 7.50. The third kappa shape index (κ3) is 3.08. The molecular formula is C17H23N3O2. The number of amides is 3. The van der Waals surface area contributed by atoms with Gasteiger partial charge in [0.15, 0.2) is 0 Å². The van der Waals surface area contributed by atoms with Crippen molar-refractivity contribution in [1.29, 1.82) is 0 Å². The van der Waals surface area contributed by atoms with Crippen LogP contribution in [0.2, 0.25) is 0 Å². The second-order valence-electron chi connectivity index (χ2n) is 6.31. The van der Waals surface area contributed by atoms with Crippen molar-refractivity contribution in [3.8, 4) is 0 Å². The van der Waals surface area contributed by atoms with Crippen LogP contribution in [-0.4, -0.2) is 36.0 Å². The van der Waals surface area contributed by atoms with Crippen LogP contribution in [0, 0.1) is 0 Å².